The van der Waals surface area contributed by atoms with Crippen LogP contribution in [0.25, 0.3) is 11.1 Å². The number of benzene rings is 2. The molecule has 0 unspecified atom stereocenters. The number of amidine groups is 2. The predicted octanol–water partition coefficient (Wildman–Crippen LogP) is 4.39. The molecule has 6 nitrogen and oxygen atoms in total. The molecule has 0 atom stereocenters. The van der Waals surface area contributed by atoms with Crippen LogP contribution in [-0.2, 0) is 0 Å². The zero-order valence-corrected chi connectivity index (χ0v) is 13.5. The van der Waals surface area contributed by atoms with E-state index in [-0.39, 0.29) is 18.0 Å². The maximum Gasteiger partial charge on any atom is 0.270 e. The number of nitro benzene ring substituents is 1. The first-order chi connectivity index (χ1) is 11.6. The van der Waals surface area contributed by atoms with Gasteiger partial charge < -0.3 is 4.90 Å². The van der Waals surface area contributed by atoms with Crippen LogP contribution in [0.15, 0.2) is 52.4 Å². The molecular formula is C18H18N4O2S. The second-order valence-electron chi connectivity index (χ2n) is 5.64. The lowest BCUT2D eigenvalue weighted by molar-refractivity contribution is -0.384. The molecule has 2 aliphatic heterocycles. The Morgan fingerprint density at radius 2 is 2.00 bits per heavy atom. The second-order valence-corrected chi connectivity index (χ2v) is 6.67. The Bertz CT molecular complexity index is 894. The second kappa shape index (κ2) is 6.68. The summed E-state index contributed by atoms with van der Waals surface area (Å²) in [6.07, 6.45) is 0.966. The third-order valence-electron chi connectivity index (χ3n) is 4.12. The van der Waals surface area contributed by atoms with Crippen molar-refractivity contribution in [2.24, 2.45) is 4.99 Å². The fourth-order valence-corrected chi connectivity index (χ4v) is 3.91. The molecule has 0 fully saturated rings. The molecule has 0 bridgehead atoms. The van der Waals surface area contributed by atoms with E-state index < -0.39 is 0 Å². The normalized spacial score (nSPS) is 15.6. The molecule has 2 aliphatic rings. The number of nitrogens with zero attached hydrogens (tertiary/aromatic N) is 3. The van der Waals surface area contributed by atoms with E-state index in [9.17, 15) is 10.1 Å². The molecule has 4 rings (SSSR count). The van der Waals surface area contributed by atoms with Crippen LogP contribution in [0.2, 0.25) is 0 Å². The van der Waals surface area contributed by atoms with Crippen LogP contribution in [0.5, 0.6) is 0 Å². The summed E-state index contributed by atoms with van der Waals surface area (Å²) in [5.41, 5.74) is 2.81. The lowest BCUT2D eigenvalue weighted by Crippen LogP contribution is -2.42. The standard InChI is InChI=1S/C17H14N4O2S.CH4/c18-17-20-8-2-7-19-16(20)14-6-5-12(10-15(14)24-17)11-3-1-4-13(9-11)21(22)23;/h1,3-6,9-10,18H,2,7-8H2;1H4. The molecule has 0 saturated carbocycles. The van der Waals surface area contributed by atoms with Crippen molar-refractivity contribution in [3.8, 4) is 11.1 Å². The molecule has 128 valence electrons. The van der Waals surface area contributed by atoms with Gasteiger partial charge >= 0.3 is 0 Å². The summed E-state index contributed by atoms with van der Waals surface area (Å²) in [6, 6.07) is 12.6. The molecule has 0 radical (unpaired) electrons. The van der Waals surface area contributed by atoms with Gasteiger partial charge in [-0.25, -0.2) is 0 Å². The van der Waals surface area contributed by atoms with Crippen molar-refractivity contribution in [3.05, 3.63) is 58.1 Å². The quantitative estimate of drug-likeness (QED) is 0.640. The number of thioether (sulfide) groups is 1. The molecule has 0 amide bonds. The van der Waals surface area contributed by atoms with Crippen molar-refractivity contribution >= 4 is 28.5 Å². The minimum atomic E-state index is -0.388. The highest BCUT2D eigenvalue weighted by molar-refractivity contribution is 8.14. The third kappa shape index (κ3) is 3.02. The van der Waals surface area contributed by atoms with Gasteiger partial charge in [0.25, 0.3) is 5.69 Å². The highest BCUT2D eigenvalue weighted by Crippen LogP contribution is 2.36. The summed E-state index contributed by atoms with van der Waals surface area (Å²) in [5, 5.41) is 19.7. The molecule has 0 aliphatic carbocycles. The van der Waals surface area contributed by atoms with E-state index in [0.717, 1.165) is 46.9 Å². The zero-order valence-electron chi connectivity index (χ0n) is 12.7. The molecule has 0 saturated heterocycles. The topological polar surface area (TPSA) is 82.6 Å². The zero-order chi connectivity index (χ0) is 16.7. The van der Waals surface area contributed by atoms with E-state index in [4.69, 9.17) is 5.41 Å². The lowest BCUT2D eigenvalue weighted by atomic mass is 10.0. The fourth-order valence-electron chi connectivity index (χ4n) is 2.96. The first-order valence-electron chi connectivity index (χ1n) is 7.61. The van der Waals surface area contributed by atoms with Gasteiger partial charge in [-0.3, -0.25) is 20.5 Å². The fraction of sp³-hybridized carbons (Fsp3) is 0.222. The summed E-state index contributed by atoms with van der Waals surface area (Å²) in [5.74, 6) is 0.866. The number of nitrogens with one attached hydrogen (secondary N) is 1. The maximum atomic E-state index is 11.0. The molecule has 2 heterocycles. The molecule has 25 heavy (non-hydrogen) atoms. The largest absolute Gasteiger partial charge is 0.305 e. The van der Waals surface area contributed by atoms with Crippen LogP contribution in [0.3, 0.4) is 0 Å². The average molecular weight is 354 g/mol. The number of fused-ring (bicyclic) bond motifs is 3. The van der Waals surface area contributed by atoms with Crippen LogP contribution >= 0.6 is 11.8 Å². The Morgan fingerprint density at radius 1 is 1.20 bits per heavy atom. The summed E-state index contributed by atoms with van der Waals surface area (Å²) in [7, 11) is 0. The number of rotatable bonds is 2. The van der Waals surface area contributed by atoms with E-state index in [1.54, 1.807) is 12.1 Å². The van der Waals surface area contributed by atoms with Gasteiger partial charge in [0.15, 0.2) is 5.17 Å². The summed E-state index contributed by atoms with van der Waals surface area (Å²) in [4.78, 5) is 18.1. The molecule has 0 spiro atoms. The Labute approximate surface area is 150 Å². The van der Waals surface area contributed by atoms with Gasteiger partial charge in [-0.2, -0.15) is 0 Å². The molecule has 2 aromatic rings. The molecular weight excluding hydrogens is 336 g/mol. The van der Waals surface area contributed by atoms with Crippen molar-refractivity contribution in [2.45, 2.75) is 18.7 Å². The van der Waals surface area contributed by atoms with Crippen molar-refractivity contribution in [1.29, 1.82) is 5.41 Å². The Kier molecular flexibility index (Phi) is 4.59. The van der Waals surface area contributed by atoms with Gasteiger partial charge in [0.1, 0.15) is 5.84 Å². The van der Waals surface area contributed by atoms with E-state index >= 15 is 0 Å². The lowest BCUT2D eigenvalue weighted by Gasteiger charge is -2.34. The Morgan fingerprint density at radius 3 is 2.80 bits per heavy atom. The maximum absolute atomic E-state index is 11.0. The van der Waals surface area contributed by atoms with Crippen molar-refractivity contribution < 1.29 is 4.92 Å². The van der Waals surface area contributed by atoms with Gasteiger partial charge in [-0.15, -0.1) is 0 Å². The SMILES string of the molecule is C.N=C1Sc2cc(-c3cccc([N+](=O)[O-])c3)ccc2C2=NCCCN12. The van der Waals surface area contributed by atoms with Crippen molar-refractivity contribution in [3.63, 3.8) is 0 Å². The van der Waals surface area contributed by atoms with E-state index in [2.05, 4.69) is 4.99 Å². The minimum Gasteiger partial charge on any atom is -0.305 e. The van der Waals surface area contributed by atoms with Crippen molar-refractivity contribution in [2.75, 3.05) is 13.1 Å². The van der Waals surface area contributed by atoms with Gasteiger partial charge in [-0.05, 0) is 29.7 Å². The molecule has 1 N–H and O–H groups in total. The third-order valence-corrected chi connectivity index (χ3v) is 5.09. The summed E-state index contributed by atoms with van der Waals surface area (Å²) in [6.45, 7) is 1.62. The smallest absolute Gasteiger partial charge is 0.270 e. The average Bonchev–Trinajstić information content (AvgIpc) is 2.61. The number of nitro groups is 1. The summed E-state index contributed by atoms with van der Waals surface area (Å²) < 4.78 is 0. The highest BCUT2D eigenvalue weighted by Gasteiger charge is 2.29. The van der Waals surface area contributed by atoms with Gasteiger partial charge in [0.05, 0.1) is 4.92 Å². The molecule has 2 aromatic carbocycles. The monoisotopic (exact) mass is 354 g/mol. The van der Waals surface area contributed by atoms with Crippen LogP contribution in [0, 0.1) is 15.5 Å². The first kappa shape index (κ1) is 17.2. The van der Waals surface area contributed by atoms with E-state index in [1.807, 2.05) is 29.2 Å². The highest BCUT2D eigenvalue weighted by atomic mass is 32.2. The summed E-state index contributed by atoms with van der Waals surface area (Å²) >= 11 is 1.41. The van der Waals surface area contributed by atoms with Crippen LogP contribution in [0.4, 0.5) is 5.69 Å². The number of hydrogen-bond donors (Lipinski definition) is 1. The molecule has 0 aromatic heterocycles. The van der Waals surface area contributed by atoms with Gasteiger partial charge in [0, 0.05) is 35.7 Å². The van der Waals surface area contributed by atoms with Gasteiger partial charge in [0.2, 0.25) is 0 Å². The van der Waals surface area contributed by atoms with Crippen LogP contribution < -0.4 is 0 Å². The predicted molar refractivity (Wildman–Crippen MR) is 102 cm³/mol. The van der Waals surface area contributed by atoms with Crippen LogP contribution in [0.1, 0.15) is 19.4 Å². The van der Waals surface area contributed by atoms with E-state index in [0.29, 0.717) is 5.17 Å². The van der Waals surface area contributed by atoms with E-state index in [1.165, 1.54) is 17.8 Å². The Hall–Kier alpha value is -2.67. The minimum absolute atomic E-state index is 0. The first-order valence-corrected chi connectivity index (χ1v) is 8.43. The number of hydrogen-bond acceptors (Lipinski definition) is 5. The Balaban J connectivity index is 0.00000182. The van der Waals surface area contributed by atoms with Crippen LogP contribution in [-0.4, -0.2) is 33.9 Å². The molecule has 7 heteroatoms. The van der Waals surface area contributed by atoms with Gasteiger partial charge in [-0.1, -0.05) is 37.4 Å². The number of non-ortho nitro benzene ring substituents is 1. The number of aliphatic imine (C=N–C) groups is 1. The van der Waals surface area contributed by atoms with Crippen molar-refractivity contribution in [1.82, 2.24) is 4.90 Å².